The summed E-state index contributed by atoms with van der Waals surface area (Å²) in [7, 11) is 0. The molecule has 1 saturated carbocycles. The molecule has 0 bridgehead atoms. The van der Waals surface area contributed by atoms with E-state index in [4.69, 9.17) is 5.73 Å². The molecule has 8 heteroatoms. The first-order valence-electron chi connectivity index (χ1n) is 8.38. The van der Waals surface area contributed by atoms with Gasteiger partial charge in [0.15, 0.2) is 0 Å². The number of H-pyrrole nitrogens is 1. The second-order valence-corrected chi connectivity index (χ2v) is 7.82. The van der Waals surface area contributed by atoms with Crippen molar-refractivity contribution in [2.24, 2.45) is 5.73 Å². The van der Waals surface area contributed by atoms with Crippen molar-refractivity contribution < 1.29 is 4.39 Å². The number of nitrogens with zero attached hydrogens (tertiary/aromatic N) is 2. The number of rotatable bonds is 2. The van der Waals surface area contributed by atoms with Gasteiger partial charge < -0.3 is 15.2 Å². The third kappa shape index (κ3) is 1.98. The summed E-state index contributed by atoms with van der Waals surface area (Å²) < 4.78 is 19.4. The molecule has 0 radical (unpaired) electrons. The van der Waals surface area contributed by atoms with E-state index in [-0.39, 0.29) is 28.9 Å². The lowest BCUT2D eigenvalue weighted by atomic mass is 9.97. The maximum absolute atomic E-state index is 14.7. The van der Waals surface area contributed by atoms with Gasteiger partial charge in [-0.1, -0.05) is 0 Å². The summed E-state index contributed by atoms with van der Waals surface area (Å²) in [5.41, 5.74) is 6.31. The number of aromatic amines is 1. The highest BCUT2D eigenvalue weighted by Gasteiger charge is 2.35. The fraction of sp³-hybridized carbons (Fsp3) is 0.412. The molecule has 25 heavy (non-hydrogen) atoms. The average molecular weight is 360 g/mol. The fourth-order valence-electron chi connectivity index (χ4n) is 3.71. The van der Waals surface area contributed by atoms with Crippen LogP contribution < -0.4 is 21.6 Å². The summed E-state index contributed by atoms with van der Waals surface area (Å²) in [6, 6.07) is 3.36. The SMILES string of the molecule is C[C@@H]1[C@@H](N)CN1c1cc2c(cc1F)c(=O)c1c(=O)[nH]sc1n2C1CC1. The minimum atomic E-state index is -0.447. The van der Waals surface area contributed by atoms with Gasteiger partial charge in [-0.15, -0.1) is 0 Å². The van der Waals surface area contributed by atoms with Crippen molar-refractivity contribution in [1.82, 2.24) is 8.94 Å². The molecule has 5 rings (SSSR count). The Hall–Kier alpha value is -2.19. The van der Waals surface area contributed by atoms with Gasteiger partial charge in [-0.25, -0.2) is 4.39 Å². The van der Waals surface area contributed by atoms with Crippen LogP contribution in [0.2, 0.25) is 0 Å². The summed E-state index contributed by atoms with van der Waals surface area (Å²) in [6.07, 6.45) is 1.99. The van der Waals surface area contributed by atoms with E-state index in [1.807, 2.05) is 16.4 Å². The number of hydrogen-bond acceptors (Lipinski definition) is 5. The Morgan fingerprint density at radius 2 is 2.08 bits per heavy atom. The lowest BCUT2D eigenvalue weighted by Crippen LogP contribution is -2.63. The Bertz CT molecular complexity index is 1140. The molecule has 130 valence electrons. The minimum absolute atomic E-state index is 0.0260. The van der Waals surface area contributed by atoms with Gasteiger partial charge in [0.2, 0.25) is 5.43 Å². The van der Waals surface area contributed by atoms with Crippen LogP contribution in [0.25, 0.3) is 21.1 Å². The summed E-state index contributed by atoms with van der Waals surface area (Å²) in [6.45, 7) is 2.56. The van der Waals surface area contributed by atoms with Crippen LogP contribution in [0.15, 0.2) is 21.7 Å². The monoisotopic (exact) mass is 360 g/mol. The van der Waals surface area contributed by atoms with Gasteiger partial charge in [0.25, 0.3) is 5.56 Å². The molecule has 0 unspecified atom stereocenters. The second-order valence-electron chi connectivity index (χ2n) is 7.02. The maximum Gasteiger partial charge on any atom is 0.271 e. The van der Waals surface area contributed by atoms with Crippen molar-refractivity contribution in [3.8, 4) is 0 Å². The predicted octanol–water partition coefficient (Wildman–Crippen LogP) is 1.91. The van der Waals surface area contributed by atoms with Crippen molar-refractivity contribution in [1.29, 1.82) is 0 Å². The van der Waals surface area contributed by atoms with E-state index < -0.39 is 16.8 Å². The van der Waals surface area contributed by atoms with E-state index in [0.717, 1.165) is 12.8 Å². The van der Waals surface area contributed by atoms with Crippen molar-refractivity contribution in [2.75, 3.05) is 11.4 Å². The molecule has 2 fully saturated rings. The van der Waals surface area contributed by atoms with Crippen LogP contribution in [0.4, 0.5) is 10.1 Å². The number of nitrogens with one attached hydrogen (secondary N) is 1. The lowest BCUT2D eigenvalue weighted by molar-refractivity contribution is 0.399. The summed E-state index contributed by atoms with van der Waals surface area (Å²) in [5, 5.41) is 0.401. The molecule has 1 aliphatic carbocycles. The van der Waals surface area contributed by atoms with Gasteiger partial charge in [-0.2, -0.15) is 0 Å². The van der Waals surface area contributed by atoms with Crippen LogP contribution >= 0.6 is 11.5 Å². The molecule has 3 N–H and O–H groups in total. The summed E-state index contributed by atoms with van der Waals surface area (Å²) in [5.74, 6) is -0.447. The molecule has 0 amide bonds. The Balaban J connectivity index is 1.87. The van der Waals surface area contributed by atoms with Gasteiger partial charge in [0.05, 0.1) is 11.2 Å². The first kappa shape index (κ1) is 15.1. The van der Waals surface area contributed by atoms with E-state index >= 15 is 0 Å². The number of hydrogen-bond donors (Lipinski definition) is 2. The summed E-state index contributed by atoms with van der Waals surface area (Å²) >= 11 is 1.18. The quantitative estimate of drug-likeness (QED) is 0.731. The molecule has 3 aromatic rings. The van der Waals surface area contributed by atoms with E-state index in [2.05, 4.69) is 4.37 Å². The fourth-order valence-corrected chi connectivity index (χ4v) is 4.64. The molecule has 2 atom stereocenters. The second kappa shape index (κ2) is 4.92. The Morgan fingerprint density at radius 3 is 2.72 bits per heavy atom. The topological polar surface area (TPSA) is 84.1 Å². The normalized spacial score (nSPS) is 23.4. The predicted molar refractivity (Wildman–Crippen MR) is 97.2 cm³/mol. The molecule has 2 aliphatic rings. The van der Waals surface area contributed by atoms with Crippen LogP contribution in [0.1, 0.15) is 25.8 Å². The van der Waals surface area contributed by atoms with E-state index in [9.17, 15) is 14.0 Å². The standard InChI is InChI=1S/C17H17FN4O2S/c1-7-11(19)6-21(7)13-5-12-9(4-10(13)18)15(23)14-16(24)20-25-17(14)22(12)8-2-3-8/h4-5,7-8,11H,2-3,6,19H2,1H3,(H,20,24)/t7-,11+/m1/s1. The number of aromatic nitrogens is 2. The molecule has 1 aromatic carbocycles. The highest BCUT2D eigenvalue weighted by molar-refractivity contribution is 7.12. The number of nitrogens with two attached hydrogens (primary N) is 1. The summed E-state index contributed by atoms with van der Waals surface area (Å²) in [4.78, 5) is 27.4. The largest absolute Gasteiger partial charge is 0.363 e. The van der Waals surface area contributed by atoms with Gasteiger partial charge >= 0.3 is 0 Å². The number of anilines is 1. The van der Waals surface area contributed by atoms with Crippen LogP contribution in [0.3, 0.4) is 0 Å². The maximum atomic E-state index is 14.7. The van der Waals surface area contributed by atoms with E-state index in [1.165, 1.54) is 17.6 Å². The van der Waals surface area contributed by atoms with E-state index in [1.54, 1.807) is 6.07 Å². The zero-order valence-electron chi connectivity index (χ0n) is 13.6. The number of halogens is 1. The van der Waals surface area contributed by atoms with Crippen LogP contribution in [0, 0.1) is 5.82 Å². The third-order valence-corrected chi connectivity index (χ3v) is 6.32. The van der Waals surface area contributed by atoms with Gasteiger partial charge in [0, 0.05) is 30.1 Å². The lowest BCUT2D eigenvalue weighted by Gasteiger charge is -2.46. The number of fused-ring (bicyclic) bond motifs is 2. The molecule has 1 aliphatic heterocycles. The third-order valence-electron chi connectivity index (χ3n) is 5.44. The van der Waals surface area contributed by atoms with E-state index in [0.29, 0.717) is 22.6 Å². The van der Waals surface area contributed by atoms with Crippen LogP contribution in [-0.4, -0.2) is 27.6 Å². The van der Waals surface area contributed by atoms with Crippen LogP contribution in [-0.2, 0) is 0 Å². The zero-order chi connectivity index (χ0) is 17.5. The average Bonchev–Trinajstić information content (AvgIpc) is 3.35. The highest BCUT2D eigenvalue weighted by atomic mass is 32.1. The molecular weight excluding hydrogens is 343 g/mol. The minimum Gasteiger partial charge on any atom is -0.363 e. The molecular formula is C17H17FN4O2S. The smallest absolute Gasteiger partial charge is 0.271 e. The van der Waals surface area contributed by atoms with Gasteiger partial charge in [-0.05, 0) is 43.4 Å². The van der Waals surface area contributed by atoms with Gasteiger partial charge in [0.1, 0.15) is 16.0 Å². The van der Waals surface area contributed by atoms with Crippen molar-refractivity contribution >= 4 is 38.3 Å². The van der Waals surface area contributed by atoms with Crippen LogP contribution in [0.5, 0.6) is 0 Å². The van der Waals surface area contributed by atoms with Crippen molar-refractivity contribution in [3.05, 3.63) is 38.5 Å². The Labute approximate surface area is 145 Å². The van der Waals surface area contributed by atoms with Crippen molar-refractivity contribution in [3.63, 3.8) is 0 Å². The molecule has 2 aromatic heterocycles. The van der Waals surface area contributed by atoms with Gasteiger partial charge in [-0.3, -0.25) is 14.0 Å². The first-order chi connectivity index (χ1) is 12.0. The number of benzene rings is 1. The molecule has 3 heterocycles. The Morgan fingerprint density at radius 1 is 1.32 bits per heavy atom. The first-order valence-corrected chi connectivity index (χ1v) is 9.20. The molecule has 0 spiro atoms. The highest BCUT2D eigenvalue weighted by Crippen LogP contribution is 2.41. The van der Waals surface area contributed by atoms with Crippen molar-refractivity contribution in [2.45, 2.75) is 37.9 Å². The zero-order valence-corrected chi connectivity index (χ0v) is 14.4. The Kier molecular flexibility index (Phi) is 2.97. The molecule has 6 nitrogen and oxygen atoms in total. The number of pyridine rings is 1. The molecule has 1 saturated heterocycles.